The highest BCUT2D eigenvalue weighted by Crippen LogP contribution is 2.37. The number of carbonyl (C=O) groups excluding carboxylic acids is 2. The van der Waals surface area contributed by atoms with Crippen LogP contribution in [0.1, 0.15) is 5.76 Å². The highest BCUT2D eigenvalue weighted by atomic mass is 79.9. The number of hydrogen-bond acceptors (Lipinski definition) is 4. The number of imide groups is 1. The minimum Gasteiger partial charge on any atom is -0.449 e. The van der Waals surface area contributed by atoms with Gasteiger partial charge in [-0.3, -0.25) is 4.79 Å². The van der Waals surface area contributed by atoms with Gasteiger partial charge in [0, 0.05) is 21.0 Å². The molecule has 9 heteroatoms. The van der Waals surface area contributed by atoms with E-state index in [0.29, 0.717) is 26.6 Å². The fourth-order valence-corrected chi connectivity index (χ4v) is 4.29. The highest BCUT2D eigenvalue weighted by molar-refractivity contribution is 9.10. The Morgan fingerprint density at radius 1 is 1.03 bits per heavy atom. The molecule has 0 radical (unpaired) electrons. The van der Waals surface area contributed by atoms with Gasteiger partial charge < -0.3 is 9.73 Å². The molecule has 0 aliphatic carbocycles. The number of furan rings is 1. The van der Waals surface area contributed by atoms with Gasteiger partial charge in [-0.2, -0.15) is 0 Å². The van der Waals surface area contributed by atoms with Crippen LogP contribution in [0.5, 0.6) is 0 Å². The van der Waals surface area contributed by atoms with Crippen LogP contribution in [0.4, 0.5) is 10.5 Å². The average Bonchev–Trinajstić information content (AvgIpc) is 3.15. The quantitative estimate of drug-likeness (QED) is 0.318. The van der Waals surface area contributed by atoms with Crippen LogP contribution in [0.25, 0.3) is 6.08 Å². The van der Waals surface area contributed by atoms with E-state index in [9.17, 15) is 9.59 Å². The van der Waals surface area contributed by atoms with E-state index in [4.69, 9.17) is 27.6 Å². The molecular formula is C20H11BrCl2N2O3S. The predicted octanol–water partition coefficient (Wildman–Crippen LogP) is 6.60. The van der Waals surface area contributed by atoms with Crippen molar-refractivity contribution in [1.82, 2.24) is 5.32 Å². The number of nitrogens with one attached hydrogen (secondary N) is 1. The van der Waals surface area contributed by atoms with E-state index in [1.807, 2.05) is 12.1 Å². The van der Waals surface area contributed by atoms with Crippen LogP contribution in [0.15, 0.2) is 79.2 Å². The van der Waals surface area contributed by atoms with E-state index in [1.165, 1.54) is 17.8 Å². The molecule has 1 aromatic heterocycles. The van der Waals surface area contributed by atoms with Gasteiger partial charge in [-0.25, -0.2) is 9.69 Å². The molecule has 0 unspecified atom stereocenters. The molecule has 2 heterocycles. The molecule has 146 valence electrons. The van der Waals surface area contributed by atoms with E-state index in [0.717, 1.165) is 14.3 Å². The second kappa shape index (κ2) is 8.28. The molecule has 0 saturated carbocycles. The van der Waals surface area contributed by atoms with Gasteiger partial charge in [0.25, 0.3) is 5.91 Å². The van der Waals surface area contributed by atoms with Crippen LogP contribution in [-0.2, 0) is 4.79 Å². The summed E-state index contributed by atoms with van der Waals surface area (Å²) < 4.78 is 6.55. The fraction of sp³-hybridized carbons (Fsp3) is 0. The Balaban J connectivity index is 1.57. The number of hydrogen-bond donors (Lipinski definition) is 1. The summed E-state index contributed by atoms with van der Waals surface area (Å²) in [6.07, 6.45) is 1.49. The number of rotatable bonds is 4. The molecule has 3 amide bonds. The lowest BCUT2D eigenvalue weighted by molar-refractivity contribution is -0.113. The van der Waals surface area contributed by atoms with Crippen LogP contribution >= 0.6 is 50.9 Å². The van der Waals surface area contributed by atoms with Crippen LogP contribution < -0.4 is 10.2 Å². The summed E-state index contributed by atoms with van der Waals surface area (Å²) in [7, 11) is 0. The Kier molecular flexibility index (Phi) is 5.74. The van der Waals surface area contributed by atoms with Gasteiger partial charge in [0.15, 0.2) is 5.09 Å². The normalized spacial score (nSPS) is 15.3. The van der Waals surface area contributed by atoms with Crippen LogP contribution in [0, 0.1) is 0 Å². The lowest BCUT2D eigenvalue weighted by Crippen LogP contribution is -2.30. The number of halogens is 3. The van der Waals surface area contributed by atoms with Gasteiger partial charge in [-0.1, -0.05) is 41.0 Å². The highest BCUT2D eigenvalue weighted by Gasteiger charge is 2.35. The maximum absolute atomic E-state index is 12.7. The van der Waals surface area contributed by atoms with Crippen LogP contribution in [0.3, 0.4) is 0 Å². The lowest BCUT2D eigenvalue weighted by atomic mass is 10.3. The molecule has 1 aliphatic heterocycles. The molecule has 1 saturated heterocycles. The lowest BCUT2D eigenvalue weighted by Gasteiger charge is -2.11. The first-order chi connectivity index (χ1) is 13.9. The third-order valence-electron chi connectivity index (χ3n) is 3.93. The van der Waals surface area contributed by atoms with Crippen LogP contribution in [0.2, 0.25) is 10.0 Å². The minimum atomic E-state index is -0.551. The van der Waals surface area contributed by atoms with E-state index in [2.05, 4.69) is 21.2 Å². The van der Waals surface area contributed by atoms with E-state index < -0.39 is 11.9 Å². The Morgan fingerprint density at radius 2 is 1.79 bits per heavy atom. The zero-order valence-electron chi connectivity index (χ0n) is 14.5. The maximum atomic E-state index is 12.7. The number of benzene rings is 2. The molecule has 1 aliphatic rings. The Hall–Kier alpha value is -2.19. The van der Waals surface area contributed by atoms with Crippen molar-refractivity contribution in [3.63, 3.8) is 0 Å². The van der Waals surface area contributed by atoms with Gasteiger partial charge in [0.2, 0.25) is 0 Å². The summed E-state index contributed by atoms with van der Waals surface area (Å²) in [6, 6.07) is 15.0. The van der Waals surface area contributed by atoms with Crippen molar-refractivity contribution < 1.29 is 14.0 Å². The summed E-state index contributed by atoms with van der Waals surface area (Å²) in [4.78, 5) is 27.0. The SMILES string of the molecule is O=C1N/C(=C/c2cc(Br)c(Sc3ccc(Cl)cc3)o2)C(=O)N1c1cccc(Cl)c1. The Morgan fingerprint density at radius 3 is 2.52 bits per heavy atom. The van der Waals surface area contributed by atoms with Gasteiger partial charge in [-0.15, -0.1) is 0 Å². The Bertz CT molecular complexity index is 1140. The Labute approximate surface area is 188 Å². The topological polar surface area (TPSA) is 62.6 Å². The molecule has 1 fully saturated rings. The van der Waals surface area contributed by atoms with Crippen molar-refractivity contribution in [1.29, 1.82) is 0 Å². The summed E-state index contributed by atoms with van der Waals surface area (Å²) in [5.41, 5.74) is 0.502. The zero-order valence-corrected chi connectivity index (χ0v) is 18.4. The first-order valence-electron chi connectivity index (χ1n) is 8.26. The number of nitrogens with zero attached hydrogens (tertiary/aromatic N) is 1. The molecule has 29 heavy (non-hydrogen) atoms. The average molecular weight is 510 g/mol. The zero-order chi connectivity index (χ0) is 20.5. The third-order valence-corrected chi connectivity index (χ3v) is 6.26. The summed E-state index contributed by atoms with van der Waals surface area (Å²) in [6.45, 7) is 0. The minimum absolute atomic E-state index is 0.110. The van der Waals surface area contributed by atoms with Crippen molar-refractivity contribution in [2.45, 2.75) is 9.99 Å². The molecule has 4 rings (SSSR count). The summed E-state index contributed by atoms with van der Waals surface area (Å²) >= 11 is 16.7. The summed E-state index contributed by atoms with van der Waals surface area (Å²) in [5.74, 6) is -0.0679. The number of carbonyl (C=O) groups is 2. The van der Waals surface area contributed by atoms with Crippen molar-refractivity contribution in [3.05, 3.63) is 80.6 Å². The fourth-order valence-electron chi connectivity index (χ4n) is 2.65. The van der Waals surface area contributed by atoms with E-state index in [-0.39, 0.29) is 5.70 Å². The van der Waals surface area contributed by atoms with Crippen molar-refractivity contribution in [2.24, 2.45) is 0 Å². The number of anilines is 1. The second-order valence-corrected chi connectivity index (χ2v) is 8.72. The molecule has 0 spiro atoms. The smallest absolute Gasteiger partial charge is 0.333 e. The van der Waals surface area contributed by atoms with Crippen molar-refractivity contribution in [3.8, 4) is 0 Å². The predicted molar refractivity (Wildman–Crippen MR) is 117 cm³/mol. The standard InChI is InChI=1S/C20H11BrCl2N2O3S/c21-16-9-14(28-19(16)29-15-6-4-11(22)5-7-15)10-17-18(26)25(20(27)24-17)13-3-1-2-12(23)8-13/h1-10H,(H,24,27)/b17-10+. The van der Waals surface area contributed by atoms with E-state index in [1.54, 1.807) is 42.5 Å². The number of urea groups is 1. The molecule has 0 bridgehead atoms. The third kappa shape index (κ3) is 4.38. The van der Waals surface area contributed by atoms with Gasteiger partial charge in [0.1, 0.15) is 11.5 Å². The van der Waals surface area contributed by atoms with Crippen molar-refractivity contribution >= 4 is 74.6 Å². The van der Waals surface area contributed by atoms with Gasteiger partial charge in [-0.05, 0) is 64.5 Å². The monoisotopic (exact) mass is 508 g/mol. The molecular weight excluding hydrogens is 499 g/mol. The van der Waals surface area contributed by atoms with Gasteiger partial charge in [0.05, 0.1) is 10.2 Å². The van der Waals surface area contributed by atoms with Crippen LogP contribution in [-0.4, -0.2) is 11.9 Å². The largest absolute Gasteiger partial charge is 0.449 e. The molecule has 2 aromatic carbocycles. The number of amides is 3. The first-order valence-corrected chi connectivity index (χ1v) is 10.6. The van der Waals surface area contributed by atoms with E-state index >= 15 is 0 Å². The first kappa shape index (κ1) is 20.1. The molecule has 3 aromatic rings. The van der Waals surface area contributed by atoms with Gasteiger partial charge >= 0.3 is 6.03 Å². The second-order valence-electron chi connectivity index (χ2n) is 5.95. The molecule has 0 atom stereocenters. The maximum Gasteiger partial charge on any atom is 0.333 e. The van der Waals surface area contributed by atoms with Crippen molar-refractivity contribution in [2.75, 3.05) is 4.90 Å². The molecule has 1 N–H and O–H groups in total. The molecule has 5 nitrogen and oxygen atoms in total. The summed E-state index contributed by atoms with van der Waals surface area (Å²) in [5, 5.41) is 4.26.